The zero-order valence-electron chi connectivity index (χ0n) is 11.1. The first kappa shape index (κ1) is 13.7. The minimum atomic E-state index is -0.346. The van der Waals surface area contributed by atoms with Crippen molar-refractivity contribution in [3.63, 3.8) is 0 Å². The van der Waals surface area contributed by atoms with Gasteiger partial charge in [-0.2, -0.15) is 0 Å². The molecule has 0 unspecified atom stereocenters. The monoisotopic (exact) mass is 343 g/mol. The molecular weight excluding hydrogens is 332 g/mol. The Balaban J connectivity index is 1.98. The van der Waals surface area contributed by atoms with Crippen LogP contribution in [0.4, 0.5) is 5.69 Å². The number of benzene rings is 2. The first-order valence-corrected chi connectivity index (χ1v) is 7.23. The van der Waals surface area contributed by atoms with Crippen LogP contribution >= 0.6 is 15.9 Å². The van der Waals surface area contributed by atoms with E-state index in [4.69, 9.17) is 0 Å². The molecule has 0 aliphatic rings. The van der Waals surface area contributed by atoms with E-state index in [1.54, 1.807) is 12.1 Å². The predicted molar refractivity (Wildman–Crippen MR) is 84.0 cm³/mol. The summed E-state index contributed by atoms with van der Waals surface area (Å²) in [6.45, 7) is 0.728. The molecule has 0 aliphatic heterocycles. The number of nitro groups is 1. The zero-order chi connectivity index (χ0) is 14.8. The Labute approximate surface area is 129 Å². The molecule has 3 aromatic rings. The van der Waals surface area contributed by atoms with Crippen LogP contribution in [0.1, 0.15) is 5.56 Å². The van der Waals surface area contributed by atoms with Gasteiger partial charge in [-0.3, -0.25) is 10.1 Å². The van der Waals surface area contributed by atoms with Crippen molar-refractivity contribution in [2.75, 3.05) is 0 Å². The quantitative estimate of drug-likeness (QED) is 0.412. The van der Waals surface area contributed by atoms with Gasteiger partial charge in [0.25, 0.3) is 5.69 Å². The van der Waals surface area contributed by atoms with Gasteiger partial charge in [-0.1, -0.05) is 34.1 Å². The molecule has 0 spiro atoms. The number of pyridine rings is 1. The van der Waals surface area contributed by atoms with Crippen LogP contribution in [0, 0.1) is 10.1 Å². The van der Waals surface area contributed by atoms with E-state index in [0.717, 1.165) is 16.4 Å². The molecule has 0 atom stereocenters. The summed E-state index contributed by atoms with van der Waals surface area (Å²) < 4.78 is 3.07. The summed E-state index contributed by atoms with van der Waals surface area (Å²) >= 11 is 3.41. The fourth-order valence-electron chi connectivity index (χ4n) is 2.31. The van der Waals surface area contributed by atoms with E-state index >= 15 is 0 Å². The number of fused-ring (bicyclic) bond motifs is 1. The fourth-order valence-corrected chi connectivity index (χ4v) is 2.58. The molecule has 4 nitrogen and oxygen atoms in total. The van der Waals surface area contributed by atoms with Crippen LogP contribution in [0.3, 0.4) is 0 Å². The second kappa shape index (κ2) is 5.61. The van der Waals surface area contributed by atoms with Gasteiger partial charge in [0, 0.05) is 22.2 Å². The minimum absolute atomic E-state index is 0.142. The molecule has 0 aliphatic carbocycles. The summed E-state index contributed by atoms with van der Waals surface area (Å²) in [6.07, 6.45) is 3.81. The van der Waals surface area contributed by atoms with Crippen molar-refractivity contribution >= 4 is 32.4 Å². The van der Waals surface area contributed by atoms with E-state index in [-0.39, 0.29) is 10.6 Å². The van der Waals surface area contributed by atoms with Gasteiger partial charge in [0.15, 0.2) is 18.9 Å². The summed E-state index contributed by atoms with van der Waals surface area (Å²) in [5, 5.41) is 12.5. The summed E-state index contributed by atoms with van der Waals surface area (Å²) in [5.41, 5.74) is 1.32. The lowest BCUT2D eigenvalue weighted by Gasteiger charge is -2.01. The lowest BCUT2D eigenvalue weighted by atomic mass is 10.1. The number of hydrogen-bond acceptors (Lipinski definition) is 2. The van der Waals surface area contributed by atoms with Crippen LogP contribution in [0.2, 0.25) is 0 Å². The van der Waals surface area contributed by atoms with Crippen molar-refractivity contribution in [1.29, 1.82) is 0 Å². The average molecular weight is 344 g/mol. The van der Waals surface area contributed by atoms with Crippen molar-refractivity contribution in [2.24, 2.45) is 0 Å². The van der Waals surface area contributed by atoms with Gasteiger partial charge >= 0.3 is 0 Å². The average Bonchev–Trinajstić information content (AvgIpc) is 2.48. The number of nitro benzene ring substituents is 1. The van der Waals surface area contributed by atoms with E-state index in [0.29, 0.717) is 5.39 Å². The first-order valence-electron chi connectivity index (χ1n) is 6.44. The highest BCUT2D eigenvalue weighted by atomic mass is 79.9. The van der Waals surface area contributed by atoms with Crippen LogP contribution in [0.25, 0.3) is 10.8 Å². The first-order chi connectivity index (χ1) is 10.1. The highest BCUT2D eigenvalue weighted by molar-refractivity contribution is 9.10. The fraction of sp³-hybridized carbons (Fsp3) is 0.0625. The number of hydrogen-bond donors (Lipinski definition) is 0. The van der Waals surface area contributed by atoms with Crippen molar-refractivity contribution in [2.45, 2.75) is 6.54 Å². The SMILES string of the molecule is O=[N+]([O-])c1cccc2c[n+](Cc3ccc(Br)cc3)ccc12. The largest absolute Gasteiger partial charge is 0.277 e. The normalized spacial score (nSPS) is 10.7. The molecule has 0 saturated carbocycles. The summed E-state index contributed by atoms with van der Waals surface area (Å²) in [4.78, 5) is 10.7. The highest BCUT2D eigenvalue weighted by Crippen LogP contribution is 2.23. The molecule has 104 valence electrons. The van der Waals surface area contributed by atoms with E-state index in [1.165, 1.54) is 11.6 Å². The van der Waals surface area contributed by atoms with Crippen LogP contribution in [0.15, 0.2) is 65.4 Å². The maximum atomic E-state index is 11.0. The van der Waals surface area contributed by atoms with E-state index in [2.05, 4.69) is 28.1 Å². The minimum Gasteiger partial charge on any atom is -0.258 e. The Morgan fingerprint density at radius 3 is 2.57 bits per heavy atom. The predicted octanol–water partition coefficient (Wildman–Crippen LogP) is 3.85. The summed E-state index contributed by atoms with van der Waals surface area (Å²) in [7, 11) is 0. The Morgan fingerprint density at radius 2 is 1.86 bits per heavy atom. The van der Waals surface area contributed by atoms with Gasteiger partial charge in [0.2, 0.25) is 0 Å². The molecule has 1 heterocycles. The second-order valence-corrected chi connectivity index (χ2v) is 5.70. The molecule has 0 N–H and O–H groups in total. The van der Waals surface area contributed by atoms with Crippen molar-refractivity contribution in [3.05, 3.63) is 81.1 Å². The summed E-state index contributed by atoms with van der Waals surface area (Å²) in [5.74, 6) is 0. The molecule has 2 aromatic carbocycles. The molecule has 0 saturated heterocycles. The standard InChI is InChI=1S/C16H12BrN2O2/c17-14-6-4-12(5-7-14)10-18-9-8-15-13(11-18)2-1-3-16(15)19(20)21/h1-9,11H,10H2/q+1. The lowest BCUT2D eigenvalue weighted by molar-refractivity contribution is -0.687. The summed E-state index contributed by atoms with van der Waals surface area (Å²) in [6, 6.07) is 15.0. The Hall–Kier alpha value is -2.27. The Kier molecular flexibility index (Phi) is 3.66. The Bertz CT molecular complexity index is 816. The second-order valence-electron chi connectivity index (χ2n) is 4.78. The number of rotatable bonds is 3. The number of halogens is 1. The molecule has 0 radical (unpaired) electrons. The molecule has 0 bridgehead atoms. The van der Waals surface area contributed by atoms with Gasteiger partial charge in [0.1, 0.15) is 0 Å². The zero-order valence-corrected chi connectivity index (χ0v) is 12.7. The topological polar surface area (TPSA) is 47.0 Å². The maximum absolute atomic E-state index is 11.0. The third-order valence-electron chi connectivity index (χ3n) is 3.33. The Morgan fingerprint density at radius 1 is 1.10 bits per heavy atom. The molecule has 3 rings (SSSR count). The van der Waals surface area contributed by atoms with Gasteiger partial charge in [-0.05, 0) is 18.2 Å². The van der Waals surface area contributed by atoms with Gasteiger partial charge < -0.3 is 0 Å². The van der Waals surface area contributed by atoms with E-state index < -0.39 is 0 Å². The van der Waals surface area contributed by atoms with E-state index in [9.17, 15) is 10.1 Å². The van der Waals surface area contributed by atoms with Crippen molar-refractivity contribution in [1.82, 2.24) is 0 Å². The van der Waals surface area contributed by atoms with Crippen molar-refractivity contribution < 1.29 is 9.49 Å². The smallest absolute Gasteiger partial charge is 0.258 e. The third-order valence-corrected chi connectivity index (χ3v) is 3.86. The van der Waals surface area contributed by atoms with Crippen LogP contribution in [0.5, 0.6) is 0 Å². The van der Waals surface area contributed by atoms with Gasteiger partial charge in [-0.25, -0.2) is 4.57 Å². The molecule has 1 aromatic heterocycles. The molecule has 0 amide bonds. The van der Waals surface area contributed by atoms with Crippen LogP contribution < -0.4 is 4.57 Å². The van der Waals surface area contributed by atoms with Crippen LogP contribution in [-0.2, 0) is 6.54 Å². The van der Waals surface area contributed by atoms with Gasteiger partial charge in [0.05, 0.1) is 15.7 Å². The molecular formula is C16H12BrN2O2+. The molecule has 0 fully saturated rings. The molecule has 21 heavy (non-hydrogen) atoms. The number of aromatic nitrogens is 1. The molecule has 5 heteroatoms. The van der Waals surface area contributed by atoms with Crippen LogP contribution in [-0.4, -0.2) is 4.92 Å². The lowest BCUT2D eigenvalue weighted by Crippen LogP contribution is -2.33. The van der Waals surface area contributed by atoms with E-state index in [1.807, 2.05) is 35.2 Å². The maximum Gasteiger partial charge on any atom is 0.277 e. The van der Waals surface area contributed by atoms with Gasteiger partial charge in [-0.15, -0.1) is 0 Å². The van der Waals surface area contributed by atoms with Crippen molar-refractivity contribution in [3.8, 4) is 0 Å². The number of non-ortho nitro benzene ring substituents is 1. The number of nitrogens with zero attached hydrogens (tertiary/aromatic N) is 2. The highest BCUT2D eigenvalue weighted by Gasteiger charge is 2.13. The third kappa shape index (κ3) is 2.92.